The predicted molar refractivity (Wildman–Crippen MR) is 149 cm³/mol. The van der Waals surface area contributed by atoms with Gasteiger partial charge in [0, 0.05) is 6.61 Å². The number of carbonyl (C=O) groups excluding carboxylic acids is 1. The molecule has 0 aliphatic carbocycles. The van der Waals surface area contributed by atoms with Gasteiger partial charge < -0.3 is 37.9 Å². The highest BCUT2D eigenvalue weighted by molar-refractivity contribution is 5.69. The number of unbranched alkanes of at least 4 members (excludes halogenated alkanes) is 7. The summed E-state index contributed by atoms with van der Waals surface area (Å²) in [6, 6.07) is 0. The number of hydrogen-bond acceptors (Lipinski definition) is 9. The molecular weight excluding hydrogens is 492 g/mol. The van der Waals surface area contributed by atoms with Gasteiger partial charge in [0.05, 0.1) is 92.3 Å². The minimum atomic E-state index is -0.462. The molecule has 0 heterocycles. The summed E-state index contributed by atoms with van der Waals surface area (Å²) >= 11 is 0. The van der Waals surface area contributed by atoms with Crippen molar-refractivity contribution in [3.8, 4) is 0 Å². The lowest BCUT2D eigenvalue weighted by atomic mass is 10.1. The molecule has 0 atom stereocenters. The van der Waals surface area contributed by atoms with Gasteiger partial charge in [0.1, 0.15) is 5.60 Å². The maximum absolute atomic E-state index is 11.5. The number of carbonyl (C=O) groups is 1. The van der Waals surface area contributed by atoms with E-state index in [0.29, 0.717) is 85.9 Å². The van der Waals surface area contributed by atoms with Crippen molar-refractivity contribution >= 4 is 5.97 Å². The first-order valence-corrected chi connectivity index (χ1v) is 14.7. The highest BCUT2D eigenvalue weighted by Gasteiger charge is 2.15. The maximum Gasteiger partial charge on any atom is 0.308 e. The fraction of sp³-hybridized carbons (Fsp3) is 0.966. The van der Waals surface area contributed by atoms with Crippen molar-refractivity contribution in [3.05, 3.63) is 0 Å². The normalized spacial score (nSPS) is 11.8. The van der Waals surface area contributed by atoms with Crippen LogP contribution in [0.25, 0.3) is 0 Å². The third-order valence-corrected chi connectivity index (χ3v) is 5.24. The third-order valence-electron chi connectivity index (χ3n) is 5.24. The molecule has 228 valence electrons. The smallest absolute Gasteiger partial charge is 0.308 e. The summed E-state index contributed by atoms with van der Waals surface area (Å²) in [6.45, 7) is 15.3. The Hall–Kier alpha value is -0.810. The van der Waals surface area contributed by atoms with Gasteiger partial charge in [0.25, 0.3) is 0 Å². The van der Waals surface area contributed by atoms with Crippen molar-refractivity contribution in [2.24, 2.45) is 0 Å². The molecule has 0 aliphatic rings. The molecule has 0 aromatic heterocycles. The molecule has 0 aromatic carbocycles. The summed E-state index contributed by atoms with van der Waals surface area (Å²) in [4.78, 5) is 11.5. The van der Waals surface area contributed by atoms with Crippen LogP contribution in [-0.4, -0.2) is 104 Å². The quantitative estimate of drug-likeness (QED) is 0.0907. The Morgan fingerprint density at radius 1 is 0.447 bits per heavy atom. The Morgan fingerprint density at radius 3 is 1.13 bits per heavy atom. The summed E-state index contributed by atoms with van der Waals surface area (Å²) in [5.41, 5.74) is -0.462. The second-order valence-corrected chi connectivity index (χ2v) is 10.1. The highest BCUT2D eigenvalue weighted by Crippen LogP contribution is 2.09. The van der Waals surface area contributed by atoms with Crippen LogP contribution in [0.15, 0.2) is 0 Å². The van der Waals surface area contributed by atoms with Gasteiger partial charge in [-0.3, -0.25) is 4.79 Å². The zero-order valence-corrected chi connectivity index (χ0v) is 24.9. The zero-order valence-electron chi connectivity index (χ0n) is 24.9. The van der Waals surface area contributed by atoms with Crippen LogP contribution in [0.4, 0.5) is 0 Å². The third kappa shape index (κ3) is 33.2. The molecule has 0 radical (unpaired) electrons. The minimum absolute atomic E-state index is 0.244. The average molecular weight is 551 g/mol. The Morgan fingerprint density at radius 2 is 0.763 bits per heavy atom. The molecule has 9 heteroatoms. The lowest BCUT2D eigenvalue weighted by Crippen LogP contribution is -2.24. The van der Waals surface area contributed by atoms with Gasteiger partial charge in [-0.25, -0.2) is 0 Å². The van der Waals surface area contributed by atoms with Crippen LogP contribution >= 0.6 is 0 Å². The van der Waals surface area contributed by atoms with Gasteiger partial charge in [-0.1, -0.05) is 51.9 Å². The van der Waals surface area contributed by atoms with Crippen LogP contribution in [-0.2, 0) is 42.7 Å². The summed E-state index contributed by atoms with van der Waals surface area (Å²) in [5, 5.41) is 0. The molecule has 0 amide bonds. The molecule has 0 saturated heterocycles. The first kappa shape index (κ1) is 37.2. The van der Waals surface area contributed by atoms with Crippen molar-refractivity contribution in [2.45, 2.75) is 91.1 Å². The van der Waals surface area contributed by atoms with E-state index in [9.17, 15) is 4.79 Å². The summed E-state index contributed by atoms with van der Waals surface area (Å²) in [6.07, 6.45) is 10.8. The predicted octanol–water partition coefficient (Wildman–Crippen LogP) is 4.98. The average Bonchev–Trinajstić information content (AvgIpc) is 2.86. The second kappa shape index (κ2) is 29.2. The molecule has 9 nitrogen and oxygen atoms in total. The van der Waals surface area contributed by atoms with Crippen LogP contribution in [0.2, 0.25) is 0 Å². The molecule has 0 saturated carbocycles. The first-order chi connectivity index (χ1) is 18.5. The molecule has 0 fully saturated rings. The molecule has 0 N–H and O–H groups in total. The van der Waals surface area contributed by atoms with Gasteiger partial charge in [0.15, 0.2) is 0 Å². The molecule has 38 heavy (non-hydrogen) atoms. The summed E-state index contributed by atoms with van der Waals surface area (Å²) in [7, 11) is 0. The van der Waals surface area contributed by atoms with Crippen LogP contribution < -0.4 is 0 Å². The van der Waals surface area contributed by atoms with Crippen LogP contribution in [0.3, 0.4) is 0 Å². The molecule has 0 unspecified atom stereocenters. The van der Waals surface area contributed by atoms with E-state index < -0.39 is 5.60 Å². The van der Waals surface area contributed by atoms with E-state index in [2.05, 4.69) is 6.92 Å². The summed E-state index contributed by atoms with van der Waals surface area (Å²) < 4.78 is 43.5. The molecule has 0 rings (SSSR count). The number of esters is 1. The topological polar surface area (TPSA) is 90.9 Å². The second-order valence-electron chi connectivity index (χ2n) is 10.1. The Bertz CT molecular complexity index is 483. The SMILES string of the molecule is CCCCCCCCCCOCCOCCOCCOCCOCCOCCOCCC(=O)OC(C)(C)C. The lowest BCUT2D eigenvalue weighted by Gasteiger charge is -2.19. The molecule has 0 aromatic rings. The maximum atomic E-state index is 11.5. The number of ether oxygens (including phenoxy) is 8. The van der Waals surface area contributed by atoms with Crippen molar-refractivity contribution in [1.29, 1.82) is 0 Å². The van der Waals surface area contributed by atoms with Gasteiger partial charge in [-0.15, -0.1) is 0 Å². The Labute approximate surface area is 232 Å². The molecule has 0 spiro atoms. The van der Waals surface area contributed by atoms with Crippen LogP contribution in [0.5, 0.6) is 0 Å². The van der Waals surface area contributed by atoms with Crippen LogP contribution in [0.1, 0.15) is 85.5 Å². The lowest BCUT2D eigenvalue weighted by molar-refractivity contribution is -0.156. The molecule has 0 bridgehead atoms. The van der Waals surface area contributed by atoms with Gasteiger partial charge in [-0.05, 0) is 27.2 Å². The Balaban J connectivity index is 3.09. The largest absolute Gasteiger partial charge is 0.460 e. The van der Waals surface area contributed by atoms with E-state index in [-0.39, 0.29) is 12.4 Å². The highest BCUT2D eigenvalue weighted by atomic mass is 16.6. The molecular formula is C29H58O9. The Kier molecular flexibility index (Phi) is 28.6. The van der Waals surface area contributed by atoms with Gasteiger partial charge in [0.2, 0.25) is 0 Å². The fourth-order valence-electron chi connectivity index (χ4n) is 3.31. The molecule has 0 aliphatic heterocycles. The fourth-order valence-corrected chi connectivity index (χ4v) is 3.31. The van der Waals surface area contributed by atoms with E-state index in [1.54, 1.807) is 0 Å². The monoisotopic (exact) mass is 550 g/mol. The zero-order chi connectivity index (χ0) is 28.0. The van der Waals surface area contributed by atoms with E-state index in [4.69, 9.17) is 37.9 Å². The van der Waals surface area contributed by atoms with Gasteiger partial charge in [-0.2, -0.15) is 0 Å². The van der Waals surface area contributed by atoms with Crippen molar-refractivity contribution < 1.29 is 42.7 Å². The number of rotatable bonds is 30. The van der Waals surface area contributed by atoms with Crippen molar-refractivity contribution in [2.75, 3.05) is 92.5 Å². The van der Waals surface area contributed by atoms with Gasteiger partial charge >= 0.3 is 5.97 Å². The summed E-state index contributed by atoms with van der Waals surface area (Å²) in [5.74, 6) is -0.254. The standard InChI is InChI=1S/C29H58O9/c1-5-6-7-8-9-10-11-12-14-31-16-18-33-20-22-35-24-26-37-27-25-36-23-21-34-19-17-32-15-13-28(30)38-29(2,3)4/h5-27H2,1-4H3. The van der Waals surface area contributed by atoms with E-state index in [1.807, 2.05) is 20.8 Å². The van der Waals surface area contributed by atoms with Crippen molar-refractivity contribution in [3.63, 3.8) is 0 Å². The minimum Gasteiger partial charge on any atom is -0.460 e. The number of hydrogen-bond donors (Lipinski definition) is 0. The van der Waals surface area contributed by atoms with Crippen molar-refractivity contribution in [1.82, 2.24) is 0 Å². The van der Waals surface area contributed by atoms with E-state index in [0.717, 1.165) is 13.0 Å². The first-order valence-electron chi connectivity index (χ1n) is 14.7. The van der Waals surface area contributed by atoms with E-state index >= 15 is 0 Å². The van der Waals surface area contributed by atoms with E-state index in [1.165, 1.54) is 44.9 Å². The van der Waals surface area contributed by atoms with Crippen LogP contribution in [0, 0.1) is 0 Å².